The van der Waals surface area contributed by atoms with Gasteiger partial charge in [-0.3, -0.25) is 4.79 Å². The number of carboxylic acid groups (broad SMARTS) is 1. The summed E-state index contributed by atoms with van der Waals surface area (Å²) in [6, 6.07) is 11.8. The lowest BCUT2D eigenvalue weighted by atomic mass is 10.0. The standard InChI is InChI=1S/C19H13ClF3NO2/c20-15-5-4-13(19(21,22)23)10-14(15)17-7-3-12-9-11(2-8-18(25)26)1-6-16(12)24-17/h1,3-7,9-10H,2,8H2,(H,25,26). The molecule has 3 nitrogen and oxygen atoms in total. The van der Waals surface area contributed by atoms with Gasteiger partial charge in [-0.15, -0.1) is 0 Å². The van der Waals surface area contributed by atoms with Gasteiger partial charge in [0.15, 0.2) is 0 Å². The molecule has 7 heteroatoms. The van der Waals surface area contributed by atoms with Crippen LogP contribution in [0.25, 0.3) is 22.2 Å². The first-order valence-electron chi connectivity index (χ1n) is 7.72. The highest BCUT2D eigenvalue weighted by Gasteiger charge is 2.31. The van der Waals surface area contributed by atoms with Gasteiger partial charge < -0.3 is 5.11 Å². The van der Waals surface area contributed by atoms with Crippen LogP contribution in [0.15, 0.2) is 48.5 Å². The van der Waals surface area contributed by atoms with Gasteiger partial charge in [-0.25, -0.2) is 4.98 Å². The Morgan fingerprint density at radius 2 is 1.85 bits per heavy atom. The van der Waals surface area contributed by atoms with Crippen LogP contribution in [-0.4, -0.2) is 16.1 Å². The average molecular weight is 380 g/mol. The minimum atomic E-state index is -4.46. The van der Waals surface area contributed by atoms with E-state index >= 15 is 0 Å². The van der Waals surface area contributed by atoms with E-state index in [-0.39, 0.29) is 17.0 Å². The van der Waals surface area contributed by atoms with Gasteiger partial charge in [0.05, 0.1) is 16.8 Å². The number of aromatic nitrogens is 1. The molecule has 1 N–H and O–H groups in total. The highest BCUT2D eigenvalue weighted by atomic mass is 35.5. The molecule has 0 aliphatic heterocycles. The number of hydrogen-bond acceptors (Lipinski definition) is 2. The Bertz CT molecular complexity index is 986. The van der Waals surface area contributed by atoms with E-state index in [2.05, 4.69) is 4.98 Å². The molecule has 0 aliphatic carbocycles. The number of pyridine rings is 1. The number of aryl methyl sites for hydroxylation is 1. The van der Waals surface area contributed by atoms with E-state index in [9.17, 15) is 18.0 Å². The fourth-order valence-electron chi connectivity index (χ4n) is 2.63. The summed E-state index contributed by atoms with van der Waals surface area (Å²) in [6.45, 7) is 0. The number of rotatable bonds is 4. The predicted octanol–water partition coefficient (Wildman–Crippen LogP) is 5.59. The summed E-state index contributed by atoms with van der Waals surface area (Å²) in [5.41, 5.74) is 1.20. The van der Waals surface area contributed by atoms with Crippen LogP contribution in [0.2, 0.25) is 5.02 Å². The number of carboxylic acids is 1. The number of carbonyl (C=O) groups is 1. The zero-order chi connectivity index (χ0) is 18.9. The van der Waals surface area contributed by atoms with Crippen LogP contribution in [0.4, 0.5) is 13.2 Å². The van der Waals surface area contributed by atoms with Crippen molar-refractivity contribution in [2.24, 2.45) is 0 Å². The van der Waals surface area contributed by atoms with E-state index in [1.54, 1.807) is 24.3 Å². The molecule has 0 saturated heterocycles. The third kappa shape index (κ3) is 3.96. The molecule has 0 spiro atoms. The summed E-state index contributed by atoms with van der Waals surface area (Å²) >= 11 is 6.07. The summed E-state index contributed by atoms with van der Waals surface area (Å²) in [4.78, 5) is 15.1. The Balaban J connectivity index is 1.99. The molecule has 0 radical (unpaired) electrons. The summed E-state index contributed by atoms with van der Waals surface area (Å²) < 4.78 is 38.8. The maximum Gasteiger partial charge on any atom is 0.416 e. The smallest absolute Gasteiger partial charge is 0.416 e. The molecule has 0 amide bonds. The number of hydrogen-bond donors (Lipinski definition) is 1. The first-order chi connectivity index (χ1) is 12.2. The maximum absolute atomic E-state index is 12.9. The monoisotopic (exact) mass is 379 g/mol. The van der Waals surface area contributed by atoms with Gasteiger partial charge in [0.2, 0.25) is 0 Å². The van der Waals surface area contributed by atoms with E-state index in [1.807, 2.05) is 6.07 Å². The molecule has 3 aromatic rings. The van der Waals surface area contributed by atoms with Crippen LogP contribution in [0, 0.1) is 0 Å². The zero-order valence-corrected chi connectivity index (χ0v) is 14.1. The third-order valence-electron chi connectivity index (χ3n) is 3.95. The molecule has 1 aromatic heterocycles. The van der Waals surface area contributed by atoms with Gasteiger partial charge in [0.25, 0.3) is 0 Å². The van der Waals surface area contributed by atoms with E-state index in [1.165, 1.54) is 6.07 Å². The van der Waals surface area contributed by atoms with Gasteiger partial charge in [-0.2, -0.15) is 13.2 Å². The molecule has 0 bridgehead atoms. The lowest BCUT2D eigenvalue weighted by Crippen LogP contribution is -2.05. The van der Waals surface area contributed by atoms with Crippen molar-refractivity contribution in [3.8, 4) is 11.3 Å². The second kappa shape index (κ2) is 6.96. The summed E-state index contributed by atoms with van der Waals surface area (Å²) in [5, 5.41) is 9.71. The quantitative estimate of drug-likeness (QED) is 0.642. The van der Waals surface area contributed by atoms with Crippen molar-refractivity contribution < 1.29 is 23.1 Å². The minimum Gasteiger partial charge on any atom is -0.481 e. The zero-order valence-electron chi connectivity index (χ0n) is 13.3. The first-order valence-corrected chi connectivity index (χ1v) is 8.10. The number of aliphatic carboxylic acids is 1. The second-order valence-electron chi connectivity index (χ2n) is 5.81. The van der Waals surface area contributed by atoms with Crippen LogP contribution >= 0.6 is 11.6 Å². The van der Waals surface area contributed by atoms with Gasteiger partial charge in [-0.1, -0.05) is 23.7 Å². The van der Waals surface area contributed by atoms with E-state index in [4.69, 9.17) is 16.7 Å². The van der Waals surface area contributed by atoms with E-state index in [0.717, 1.165) is 23.1 Å². The number of fused-ring (bicyclic) bond motifs is 1. The topological polar surface area (TPSA) is 50.2 Å². The van der Waals surface area contributed by atoms with Gasteiger partial charge >= 0.3 is 12.1 Å². The molecular weight excluding hydrogens is 367 g/mol. The maximum atomic E-state index is 12.9. The van der Waals surface area contributed by atoms with E-state index < -0.39 is 17.7 Å². The van der Waals surface area contributed by atoms with Crippen molar-refractivity contribution in [3.05, 3.63) is 64.7 Å². The van der Waals surface area contributed by atoms with Crippen LogP contribution in [-0.2, 0) is 17.4 Å². The van der Waals surface area contributed by atoms with Crippen molar-refractivity contribution in [3.63, 3.8) is 0 Å². The lowest BCUT2D eigenvalue weighted by molar-refractivity contribution is -0.138. The minimum absolute atomic E-state index is 0.0247. The third-order valence-corrected chi connectivity index (χ3v) is 4.28. The van der Waals surface area contributed by atoms with Crippen LogP contribution < -0.4 is 0 Å². The number of alkyl halides is 3. The Hall–Kier alpha value is -2.60. The normalized spacial score (nSPS) is 11.7. The largest absolute Gasteiger partial charge is 0.481 e. The average Bonchev–Trinajstić information content (AvgIpc) is 2.58. The molecule has 3 rings (SSSR count). The predicted molar refractivity (Wildman–Crippen MR) is 93.1 cm³/mol. The summed E-state index contributed by atoms with van der Waals surface area (Å²) in [6.07, 6.45) is -4.04. The van der Waals surface area contributed by atoms with Gasteiger partial charge in [0, 0.05) is 22.4 Å². The van der Waals surface area contributed by atoms with Crippen molar-refractivity contribution >= 4 is 28.5 Å². The summed E-state index contributed by atoms with van der Waals surface area (Å²) in [7, 11) is 0. The molecule has 0 unspecified atom stereocenters. The Labute approximate surface area is 152 Å². The van der Waals surface area contributed by atoms with E-state index in [0.29, 0.717) is 17.6 Å². The molecule has 2 aromatic carbocycles. The Kier molecular flexibility index (Phi) is 4.87. The Morgan fingerprint density at radius 1 is 1.08 bits per heavy atom. The molecule has 0 saturated carbocycles. The van der Waals surface area contributed by atoms with Gasteiger partial charge in [-0.05, 0) is 48.4 Å². The molecule has 1 heterocycles. The van der Waals surface area contributed by atoms with Crippen molar-refractivity contribution in [2.75, 3.05) is 0 Å². The van der Waals surface area contributed by atoms with Crippen molar-refractivity contribution in [2.45, 2.75) is 19.0 Å². The van der Waals surface area contributed by atoms with Crippen molar-refractivity contribution in [1.29, 1.82) is 0 Å². The number of nitrogens with zero attached hydrogens (tertiary/aromatic N) is 1. The van der Waals surface area contributed by atoms with Crippen LogP contribution in [0.3, 0.4) is 0 Å². The molecule has 0 fully saturated rings. The highest BCUT2D eigenvalue weighted by molar-refractivity contribution is 6.33. The lowest BCUT2D eigenvalue weighted by Gasteiger charge is -2.11. The molecular formula is C19H13ClF3NO2. The van der Waals surface area contributed by atoms with Crippen LogP contribution in [0.1, 0.15) is 17.5 Å². The fourth-order valence-corrected chi connectivity index (χ4v) is 2.84. The molecule has 0 aliphatic rings. The second-order valence-corrected chi connectivity index (χ2v) is 6.22. The number of benzene rings is 2. The van der Waals surface area contributed by atoms with Gasteiger partial charge in [0.1, 0.15) is 0 Å². The molecule has 134 valence electrons. The van der Waals surface area contributed by atoms with Crippen LogP contribution in [0.5, 0.6) is 0 Å². The number of halogens is 4. The fraction of sp³-hybridized carbons (Fsp3) is 0.158. The SMILES string of the molecule is O=C(O)CCc1ccc2nc(-c3cc(C(F)(F)F)ccc3Cl)ccc2c1. The Morgan fingerprint density at radius 3 is 2.54 bits per heavy atom. The first kappa shape index (κ1) is 18.2. The van der Waals surface area contributed by atoms with Crippen molar-refractivity contribution in [1.82, 2.24) is 4.98 Å². The molecule has 26 heavy (non-hydrogen) atoms. The molecule has 0 atom stereocenters. The highest BCUT2D eigenvalue weighted by Crippen LogP contribution is 2.35. The summed E-state index contributed by atoms with van der Waals surface area (Å²) in [5.74, 6) is -0.877.